The molecule has 1 saturated heterocycles. The minimum absolute atomic E-state index is 0.371. The van der Waals surface area contributed by atoms with Gasteiger partial charge in [0, 0.05) is 21.5 Å². The highest BCUT2D eigenvalue weighted by Gasteiger charge is 2.46. The molecule has 2 fully saturated rings. The largest absolute Gasteiger partial charge is 0.394 e. The molecule has 3 rings (SSSR count). The molecule has 0 radical (unpaired) electrons. The maximum Gasteiger partial charge on any atom is 0.187 e. The lowest BCUT2D eigenvalue weighted by atomic mass is 9.98. The normalized spacial score (nSPS) is 28.7. The van der Waals surface area contributed by atoms with E-state index < -0.39 is 68.0 Å². The summed E-state index contributed by atoms with van der Waals surface area (Å²) in [5, 5.41) is 76.5. The van der Waals surface area contributed by atoms with Gasteiger partial charge in [-0.15, -0.1) is 0 Å². The van der Waals surface area contributed by atoms with Crippen LogP contribution in [0, 0.1) is 0 Å². The van der Waals surface area contributed by atoms with E-state index in [1.54, 1.807) is 0 Å². The number of halogens is 2. The van der Waals surface area contributed by atoms with Crippen molar-refractivity contribution in [1.29, 1.82) is 0 Å². The molecule has 216 valence electrons. The van der Waals surface area contributed by atoms with Crippen molar-refractivity contribution >= 4 is 43.3 Å². The van der Waals surface area contributed by atoms with Crippen LogP contribution < -0.4 is 10.6 Å². The molecule has 1 saturated carbocycles. The number of ketones is 1. The monoisotopic (exact) mass is 670 g/mol. The van der Waals surface area contributed by atoms with Gasteiger partial charge in [0.25, 0.3) is 0 Å². The average Bonchev–Trinajstić information content (AvgIpc) is 3.42. The molecular weight excluding hydrogens is 636 g/mol. The second kappa shape index (κ2) is 14.8. The Kier molecular flexibility index (Phi) is 12.3. The van der Waals surface area contributed by atoms with Gasteiger partial charge in [0.1, 0.15) is 42.7 Å². The lowest BCUT2D eigenvalue weighted by Gasteiger charge is -2.41. The minimum Gasteiger partial charge on any atom is -0.394 e. The van der Waals surface area contributed by atoms with Crippen LogP contribution in [0.3, 0.4) is 0 Å². The lowest BCUT2D eigenvalue weighted by Crippen LogP contribution is -2.61. The first-order valence-electron chi connectivity index (χ1n) is 12.5. The lowest BCUT2D eigenvalue weighted by molar-refractivity contribution is -0.323. The summed E-state index contributed by atoms with van der Waals surface area (Å²) in [5.74, 6) is -0.795. The fraction of sp³-hybridized carbons (Fsp3) is 0.708. The van der Waals surface area contributed by atoms with Gasteiger partial charge in [-0.05, 0) is 46.5 Å². The number of Topliss-reactive ketones (excluding diaryl/α,β-unsaturated/α-hetero) is 1. The number of ether oxygens (including phenoxy) is 2. The van der Waals surface area contributed by atoms with Gasteiger partial charge < -0.3 is 55.9 Å². The van der Waals surface area contributed by atoms with Crippen LogP contribution in [0.5, 0.6) is 0 Å². The third kappa shape index (κ3) is 7.92. The summed E-state index contributed by atoms with van der Waals surface area (Å²) in [6, 6.07) is 4.14. The van der Waals surface area contributed by atoms with Gasteiger partial charge in [0.15, 0.2) is 12.1 Å². The summed E-state index contributed by atoms with van der Waals surface area (Å²) < 4.78 is 12.2. The molecular formula is C24H36Br2N2O10. The molecule has 1 aliphatic heterocycles. The Morgan fingerprint density at radius 2 is 1.76 bits per heavy atom. The van der Waals surface area contributed by atoms with Crippen molar-refractivity contribution < 1.29 is 50.0 Å². The maximum atomic E-state index is 12.9. The van der Waals surface area contributed by atoms with E-state index in [1.165, 1.54) is 12.8 Å². The summed E-state index contributed by atoms with van der Waals surface area (Å²) in [7, 11) is 0. The van der Waals surface area contributed by atoms with Crippen LogP contribution in [0.1, 0.15) is 31.2 Å². The van der Waals surface area contributed by atoms with Crippen molar-refractivity contribution in [3.63, 3.8) is 0 Å². The third-order valence-corrected chi connectivity index (χ3v) is 7.94. The van der Waals surface area contributed by atoms with Crippen molar-refractivity contribution in [1.82, 2.24) is 5.32 Å². The van der Waals surface area contributed by atoms with Crippen LogP contribution in [-0.2, 0) is 20.8 Å². The minimum atomic E-state index is -1.97. The number of aliphatic hydroxyl groups is 7. The van der Waals surface area contributed by atoms with Gasteiger partial charge >= 0.3 is 0 Å². The molecule has 0 aromatic heterocycles. The first kappa shape index (κ1) is 31.8. The Hall–Kier alpha value is -0.750. The van der Waals surface area contributed by atoms with E-state index in [9.17, 15) is 40.5 Å². The Balaban J connectivity index is 1.69. The maximum absolute atomic E-state index is 12.9. The van der Waals surface area contributed by atoms with Crippen LogP contribution >= 0.6 is 31.9 Å². The predicted octanol–water partition coefficient (Wildman–Crippen LogP) is -0.876. The molecule has 1 aromatic carbocycles. The van der Waals surface area contributed by atoms with Crippen LogP contribution in [-0.4, -0.2) is 116 Å². The number of hydrogen-bond donors (Lipinski definition) is 9. The number of carbonyl (C=O) groups is 1. The number of carbonyl (C=O) groups excluding carboxylic acids is 1. The van der Waals surface area contributed by atoms with Gasteiger partial charge in [0.2, 0.25) is 0 Å². The zero-order valence-electron chi connectivity index (χ0n) is 20.6. The Bertz CT molecular complexity index is 920. The summed E-state index contributed by atoms with van der Waals surface area (Å²) in [4.78, 5) is 12.9. The zero-order valence-corrected chi connectivity index (χ0v) is 23.8. The summed E-state index contributed by atoms with van der Waals surface area (Å²) in [6.45, 7) is -1.43. The Morgan fingerprint density at radius 3 is 2.39 bits per heavy atom. The molecule has 1 heterocycles. The SMILES string of the molecule is O=C(CNc1c(Br)cc(Br)cc1CNC1CCCC1)[C@@H](O)[C@H](O[C@H]1O[C@H](CO)[C@H](O)[C@H](O)[C@H]1O)[C@H](O)CO. The van der Waals surface area contributed by atoms with Crippen molar-refractivity contribution in [2.24, 2.45) is 0 Å². The van der Waals surface area contributed by atoms with Crippen LogP contribution in [0.15, 0.2) is 21.1 Å². The summed E-state index contributed by atoms with van der Waals surface area (Å²) in [5.41, 5.74) is 1.51. The van der Waals surface area contributed by atoms with Crippen molar-refractivity contribution in [3.8, 4) is 0 Å². The molecule has 0 bridgehead atoms. The van der Waals surface area contributed by atoms with Gasteiger partial charge in [-0.25, -0.2) is 0 Å². The quantitative estimate of drug-likeness (QED) is 0.126. The number of anilines is 1. The van der Waals surface area contributed by atoms with Crippen LogP contribution in [0.4, 0.5) is 5.69 Å². The molecule has 2 aliphatic rings. The Morgan fingerprint density at radius 1 is 1.08 bits per heavy atom. The van der Waals surface area contributed by atoms with E-state index in [4.69, 9.17) is 9.47 Å². The molecule has 1 aromatic rings. The molecule has 12 nitrogen and oxygen atoms in total. The molecule has 9 N–H and O–H groups in total. The molecule has 14 heteroatoms. The van der Waals surface area contributed by atoms with E-state index in [1.807, 2.05) is 12.1 Å². The third-order valence-electron chi connectivity index (χ3n) is 6.86. The van der Waals surface area contributed by atoms with Crippen LogP contribution in [0.25, 0.3) is 0 Å². The predicted molar refractivity (Wildman–Crippen MR) is 142 cm³/mol. The fourth-order valence-corrected chi connectivity index (χ4v) is 6.08. The smallest absolute Gasteiger partial charge is 0.187 e. The summed E-state index contributed by atoms with van der Waals surface area (Å²) in [6.07, 6.45) is -9.16. The van der Waals surface area contributed by atoms with Gasteiger partial charge in [-0.2, -0.15) is 0 Å². The highest BCUT2D eigenvalue weighted by atomic mass is 79.9. The van der Waals surface area contributed by atoms with E-state index in [-0.39, 0.29) is 6.54 Å². The summed E-state index contributed by atoms with van der Waals surface area (Å²) >= 11 is 6.97. The van der Waals surface area contributed by atoms with Gasteiger partial charge in [0.05, 0.1) is 25.4 Å². The van der Waals surface area contributed by atoms with E-state index >= 15 is 0 Å². The van der Waals surface area contributed by atoms with Crippen molar-refractivity contribution in [2.75, 3.05) is 25.1 Å². The number of aliphatic hydroxyl groups excluding tert-OH is 7. The van der Waals surface area contributed by atoms with Crippen LogP contribution in [0.2, 0.25) is 0 Å². The highest BCUT2D eigenvalue weighted by molar-refractivity contribution is 9.11. The standard InChI is InChI=1S/C24H36Br2N2O10/c25-12-5-11(7-27-13-3-1-2-4-13)18(14(26)6-12)28-8-15(31)19(33)23(16(32)9-29)38-24-22(36)21(35)20(34)17(10-30)37-24/h5-6,13,16-17,19-24,27-30,32-36H,1-4,7-10H2/t16-,17-,19-,20+,21+,22-,23-,24-/m1/s1. The fourth-order valence-electron chi connectivity index (χ4n) is 4.63. The molecule has 0 amide bonds. The van der Waals surface area contributed by atoms with Gasteiger partial charge in [-0.3, -0.25) is 4.79 Å². The number of rotatable bonds is 13. The molecule has 1 aliphatic carbocycles. The van der Waals surface area contributed by atoms with Crippen molar-refractivity contribution in [3.05, 3.63) is 26.6 Å². The average molecular weight is 672 g/mol. The number of benzene rings is 1. The second-order valence-electron chi connectivity index (χ2n) is 9.60. The second-order valence-corrected chi connectivity index (χ2v) is 11.4. The number of nitrogens with one attached hydrogen (secondary N) is 2. The number of hydrogen-bond acceptors (Lipinski definition) is 12. The topological polar surface area (TPSA) is 201 Å². The van der Waals surface area contributed by atoms with Gasteiger partial charge in [-0.1, -0.05) is 28.8 Å². The molecule has 0 spiro atoms. The first-order valence-corrected chi connectivity index (χ1v) is 14.1. The Labute approximate surface area is 237 Å². The molecule has 38 heavy (non-hydrogen) atoms. The zero-order chi connectivity index (χ0) is 28.0. The van der Waals surface area contributed by atoms with Crippen molar-refractivity contribution in [2.45, 2.75) is 87.3 Å². The molecule has 0 unspecified atom stereocenters. The van der Waals surface area contributed by atoms with E-state index in [2.05, 4.69) is 42.5 Å². The first-order chi connectivity index (χ1) is 18.1. The van der Waals surface area contributed by atoms with E-state index in [0.29, 0.717) is 22.7 Å². The molecule has 8 atom stereocenters. The van der Waals surface area contributed by atoms with E-state index in [0.717, 1.165) is 22.9 Å². The highest BCUT2D eigenvalue weighted by Crippen LogP contribution is 2.32.